The first-order valence-corrected chi connectivity index (χ1v) is 27.1. The zero-order valence-corrected chi connectivity index (χ0v) is 42.3. The Balaban J connectivity index is 1.74. The van der Waals surface area contributed by atoms with Crippen LogP contribution in [0.1, 0.15) is 200 Å². The molecular formula is C54H98O14. The molecule has 2 aliphatic heterocycles. The fourth-order valence-corrected chi connectivity index (χ4v) is 8.54. The van der Waals surface area contributed by atoms with Crippen LogP contribution in [0.5, 0.6) is 0 Å². The summed E-state index contributed by atoms with van der Waals surface area (Å²) in [5.41, 5.74) is 0. The molecule has 68 heavy (non-hydrogen) atoms. The topological polar surface area (TPSA) is 214 Å². The van der Waals surface area contributed by atoms with Crippen LogP contribution in [0.25, 0.3) is 0 Å². The lowest BCUT2D eigenvalue weighted by Gasteiger charge is -2.42. The molecule has 0 amide bonds. The highest BCUT2D eigenvalue weighted by Crippen LogP contribution is 2.26. The van der Waals surface area contributed by atoms with Crippen molar-refractivity contribution in [2.45, 2.75) is 268 Å². The Morgan fingerprint density at radius 2 is 0.956 bits per heavy atom. The second-order valence-corrected chi connectivity index (χ2v) is 19.0. The van der Waals surface area contributed by atoms with E-state index in [0.29, 0.717) is 13.0 Å². The minimum absolute atomic E-state index is 0.0487. The van der Waals surface area contributed by atoms with Crippen molar-refractivity contribution in [1.29, 1.82) is 0 Å². The van der Waals surface area contributed by atoms with Gasteiger partial charge in [0.2, 0.25) is 0 Å². The van der Waals surface area contributed by atoms with Gasteiger partial charge in [-0.3, -0.25) is 4.79 Å². The van der Waals surface area contributed by atoms with Crippen LogP contribution >= 0.6 is 0 Å². The highest BCUT2D eigenvalue weighted by Gasteiger charge is 2.47. The number of aliphatic hydroxyl groups excluding tert-OH is 7. The van der Waals surface area contributed by atoms with Gasteiger partial charge in [-0.2, -0.15) is 0 Å². The average molecular weight is 971 g/mol. The van der Waals surface area contributed by atoms with Gasteiger partial charge in [0.25, 0.3) is 0 Å². The van der Waals surface area contributed by atoms with Crippen molar-refractivity contribution in [3.8, 4) is 0 Å². The van der Waals surface area contributed by atoms with Gasteiger partial charge in [0.05, 0.1) is 26.4 Å². The van der Waals surface area contributed by atoms with Crippen molar-refractivity contribution in [2.24, 2.45) is 0 Å². The van der Waals surface area contributed by atoms with E-state index in [2.05, 4.69) is 50.3 Å². The molecule has 11 atom stereocenters. The molecule has 0 saturated carbocycles. The van der Waals surface area contributed by atoms with Crippen molar-refractivity contribution in [3.05, 3.63) is 36.5 Å². The Morgan fingerprint density at radius 3 is 1.50 bits per heavy atom. The summed E-state index contributed by atoms with van der Waals surface area (Å²) in [5, 5.41) is 72.2. The van der Waals surface area contributed by atoms with E-state index in [9.17, 15) is 40.5 Å². The van der Waals surface area contributed by atoms with Crippen LogP contribution < -0.4 is 0 Å². The van der Waals surface area contributed by atoms with Crippen molar-refractivity contribution >= 4 is 5.97 Å². The van der Waals surface area contributed by atoms with E-state index in [1.54, 1.807) is 0 Å². The molecule has 0 aromatic rings. The van der Waals surface area contributed by atoms with E-state index in [0.717, 1.165) is 70.6 Å². The minimum Gasteiger partial charge on any atom is -0.457 e. The van der Waals surface area contributed by atoms with E-state index in [-0.39, 0.29) is 25.6 Å². The van der Waals surface area contributed by atoms with Crippen molar-refractivity contribution in [3.63, 3.8) is 0 Å². The first kappa shape index (κ1) is 62.3. The number of hydrogen-bond donors (Lipinski definition) is 7. The van der Waals surface area contributed by atoms with E-state index in [1.807, 2.05) is 0 Å². The third-order valence-electron chi connectivity index (χ3n) is 12.9. The summed E-state index contributed by atoms with van der Waals surface area (Å²) in [4.78, 5) is 13.0. The number of ether oxygens (including phenoxy) is 6. The predicted octanol–water partition coefficient (Wildman–Crippen LogP) is 8.58. The van der Waals surface area contributed by atoms with Gasteiger partial charge < -0.3 is 64.2 Å². The van der Waals surface area contributed by atoms with Gasteiger partial charge in [0.1, 0.15) is 54.9 Å². The molecule has 2 heterocycles. The van der Waals surface area contributed by atoms with Crippen LogP contribution in [-0.2, 0) is 33.2 Å². The number of allylic oxidation sites excluding steroid dienone is 6. The first-order valence-electron chi connectivity index (χ1n) is 27.1. The van der Waals surface area contributed by atoms with E-state index < -0.39 is 80.7 Å². The number of hydrogen-bond acceptors (Lipinski definition) is 14. The second-order valence-electron chi connectivity index (χ2n) is 19.0. The summed E-state index contributed by atoms with van der Waals surface area (Å²) in [6.07, 6.45) is 30.7. The Hall–Kier alpha value is -1.79. The molecule has 2 fully saturated rings. The van der Waals surface area contributed by atoms with Gasteiger partial charge in [0.15, 0.2) is 12.6 Å². The number of unbranched alkanes of at least 4 members (excludes halogenated alkanes) is 23. The Labute approximate surface area is 410 Å². The van der Waals surface area contributed by atoms with E-state index in [1.165, 1.54) is 103 Å². The SMILES string of the molecule is CC/C=C\C/C=C\C/C=C\CCCCCCOCC(COC1OC(COC2OC(CO)C(O)C(O)C2O)C(O)C(O)C1O)OC(=O)CCCCCCCCCCCCCCCCCCCCCC. The Kier molecular flexibility index (Phi) is 38.3. The molecule has 14 nitrogen and oxygen atoms in total. The van der Waals surface area contributed by atoms with Gasteiger partial charge in [-0.15, -0.1) is 0 Å². The maximum Gasteiger partial charge on any atom is 0.306 e. The van der Waals surface area contributed by atoms with Crippen LogP contribution in [0.3, 0.4) is 0 Å². The molecule has 2 aliphatic rings. The molecular weight excluding hydrogens is 873 g/mol. The molecule has 398 valence electrons. The lowest BCUT2D eigenvalue weighted by Crippen LogP contribution is -2.61. The molecule has 0 aromatic carbocycles. The maximum atomic E-state index is 13.0. The average Bonchev–Trinajstić information content (AvgIpc) is 3.33. The summed E-state index contributed by atoms with van der Waals surface area (Å²) in [6.45, 7) is 3.54. The summed E-state index contributed by atoms with van der Waals surface area (Å²) in [6, 6.07) is 0. The fraction of sp³-hybridized carbons (Fsp3) is 0.870. The van der Waals surface area contributed by atoms with Crippen LogP contribution in [0.15, 0.2) is 36.5 Å². The molecule has 2 saturated heterocycles. The lowest BCUT2D eigenvalue weighted by molar-refractivity contribution is -0.332. The van der Waals surface area contributed by atoms with Gasteiger partial charge >= 0.3 is 5.97 Å². The van der Waals surface area contributed by atoms with Crippen molar-refractivity contribution < 1.29 is 69.0 Å². The maximum absolute atomic E-state index is 13.0. The minimum atomic E-state index is -1.71. The summed E-state index contributed by atoms with van der Waals surface area (Å²) in [5.74, 6) is -0.382. The summed E-state index contributed by atoms with van der Waals surface area (Å²) >= 11 is 0. The molecule has 7 N–H and O–H groups in total. The Bertz CT molecular complexity index is 1260. The summed E-state index contributed by atoms with van der Waals surface area (Å²) < 4.78 is 34.3. The van der Waals surface area contributed by atoms with Crippen molar-refractivity contribution in [2.75, 3.05) is 33.0 Å². The number of carbonyl (C=O) groups excluding carboxylic acids is 1. The third kappa shape index (κ3) is 28.9. The number of esters is 1. The highest BCUT2D eigenvalue weighted by atomic mass is 16.7. The van der Waals surface area contributed by atoms with Gasteiger partial charge in [0, 0.05) is 13.0 Å². The first-order chi connectivity index (χ1) is 33.1. The van der Waals surface area contributed by atoms with E-state index in [4.69, 9.17) is 28.4 Å². The number of rotatable bonds is 43. The molecule has 0 radical (unpaired) electrons. The molecule has 2 rings (SSSR count). The second kappa shape index (κ2) is 41.8. The van der Waals surface area contributed by atoms with Gasteiger partial charge in [-0.1, -0.05) is 185 Å². The van der Waals surface area contributed by atoms with Gasteiger partial charge in [-0.25, -0.2) is 0 Å². The van der Waals surface area contributed by atoms with Crippen LogP contribution in [0.2, 0.25) is 0 Å². The zero-order chi connectivity index (χ0) is 49.5. The van der Waals surface area contributed by atoms with Crippen molar-refractivity contribution in [1.82, 2.24) is 0 Å². The van der Waals surface area contributed by atoms with E-state index >= 15 is 0 Å². The number of carbonyl (C=O) groups is 1. The fourth-order valence-electron chi connectivity index (χ4n) is 8.54. The molecule has 0 bridgehead atoms. The smallest absolute Gasteiger partial charge is 0.306 e. The van der Waals surface area contributed by atoms with Crippen LogP contribution in [0.4, 0.5) is 0 Å². The standard InChI is InChI=1S/C54H98O14/c1-3-5-7-9-11-13-15-17-19-20-21-22-23-24-25-27-29-31-33-35-37-46(56)66-43(40-63-38-36-34-32-30-28-26-18-16-14-12-10-8-6-4-2)41-64-53-52(62)50(60)48(58)45(68-53)42-65-54-51(61)49(59)47(57)44(39-55)67-54/h6,8,12,14,18,26,43-45,47-55,57-62H,3-5,7,9-11,13,15-17,19-25,27-42H2,1-2H3/b8-6-,14-12-,26-18-. The van der Waals surface area contributed by atoms with Crippen LogP contribution in [-0.4, -0.2) is 142 Å². The normalized spacial score (nSPS) is 26.1. The number of aliphatic hydroxyl groups is 7. The molecule has 0 spiro atoms. The zero-order valence-electron chi connectivity index (χ0n) is 42.3. The lowest BCUT2D eigenvalue weighted by atomic mass is 9.98. The highest BCUT2D eigenvalue weighted by molar-refractivity contribution is 5.69. The van der Waals surface area contributed by atoms with Gasteiger partial charge in [-0.05, 0) is 44.9 Å². The molecule has 14 heteroatoms. The summed E-state index contributed by atoms with van der Waals surface area (Å²) in [7, 11) is 0. The monoisotopic (exact) mass is 971 g/mol. The third-order valence-corrected chi connectivity index (χ3v) is 12.9. The quantitative estimate of drug-likeness (QED) is 0.0173. The molecule has 0 aromatic heterocycles. The predicted molar refractivity (Wildman–Crippen MR) is 266 cm³/mol. The van der Waals surface area contributed by atoms with Crippen LogP contribution in [0, 0.1) is 0 Å². The molecule has 11 unspecified atom stereocenters. The molecule has 0 aliphatic carbocycles. The largest absolute Gasteiger partial charge is 0.457 e. The Morgan fingerprint density at radius 1 is 0.500 bits per heavy atom.